The van der Waals surface area contributed by atoms with E-state index in [2.05, 4.69) is 69.2 Å². The van der Waals surface area contributed by atoms with E-state index in [0.717, 1.165) is 13.1 Å². The van der Waals surface area contributed by atoms with Crippen molar-refractivity contribution >= 4 is 0 Å². The van der Waals surface area contributed by atoms with Crippen LogP contribution in [0.2, 0.25) is 0 Å². The van der Waals surface area contributed by atoms with E-state index in [0.29, 0.717) is 12.1 Å². The van der Waals surface area contributed by atoms with Gasteiger partial charge in [-0.2, -0.15) is 0 Å². The summed E-state index contributed by atoms with van der Waals surface area (Å²) in [6, 6.07) is 10.0. The predicted octanol–water partition coefficient (Wildman–Crippen LogP) is 4.16. The van der Waals surface area contributed by atoms with Crippen LogP contribution in [-0.4, -0.2) is 31.1 Å². The molecule has 1 aromatic rings. The molecule has 0 bridgehead atoms. The average Bonchev–Trinajstić information content (AvgIpc) is 2.44. The zero-order valence-electron chi connectivity index (χ0n) is 13.9. The summed E-state index contributed by atoms with van der Waals surface area (Å²) >= 11 is 0. The van der Waals surface area contributed by atoms with E-state index in [1.165, 1.54) is 30.4 Å². The standard InChI is InChI=1S/C18H32N2/c1-6-8-16(4)20(5)14-18(19-13-7-2)17-11-9-15(3)10-12-17/h9-12,16,18-19H,6-8,13-14H2,1-5H3. The van der Waals surface area contributed by atoms with E-state index in [9.17, 15) is 0 Å². The molecule has 2 unspecified atom stereocenters. The lowest BCUT2D eigenvalue weighted by Gasteiger charge is -2.30. The van der Waals surface area contributed by atoms with Crippen LogP contribution in [0.1, 0.15) is 57.2 Å². The van der Waals surface area contributed by atoms with Gasteiger partial charge in [0.15, 0.2) is 0 Å². The van der Waals surface area contributed by atoms with Crippen molar-refractivity contribution < 1.29 is 0 Å². The Hall–Kier alpha value is -0.860. The monoisotopic (exact) mass is 276 g/mol. The van der Waals surface area contributed by atoms with Gasteiger partial charge >= 0.3 is 0 Å². The summed E-state index contributed by atoms with van der Waals surface area (Å²) in [4.78, 5) is 2.48. The topological polar surface area (TPSA) is 15.3 Å². The summed E-state index contributed by atoms with van der Waals surface area (Å²) in [5.41, 5.74) is 2.73. The fraction of sp³-hybridized carbons (Fsp3) is 0.667. The number of rotatable bonds is 9. The fourth-order valence-electron chi connectivity index (χ4n) is 2.51. The van der Waals surface area contributed by atoms with Gasteiger partial charge in [-0.15, -0.1) is 0 Å². The normalized spacial score (nSPS) is 14.5. The van der Waals surface area contributed by atoms with E-state index >= 15 is 0 Å². The molecule has 0 aliphatic carbocycles. The molecule has 0 saturated heterocycles. The lowest BCUT2D eigenvalue weighted by atomic mass is 10.0. The second-order valence-corrected chi connectivity index (χ2v) is 5.99. The predicted molar refractivity (Wildman–Crippen MR) is 89.2 cm³/mol. The number of hydrogen-bond acceptors (Lipinski definition) is 2. The second-order valence-electron chi connectivity index (χ2n) is 5.99. The van der Waals surface area contributed by atoms with Crippen molar-refractivity contribution in [1.82, 2.24) is 10.2 Å². The third-order valence-corrected chi connectivity index (χ3v) is 4.05. The van der Waals surface area contributed by atoms with Gasteiger partial charge in [0.1, 0.15) is 0 Å². The Morgan fingerprint density at radius 2 is 1.75 bits per heavy atom. The van der Waals surface area contributed by atoms with Crippen LogP contribution in [0.15, 0.2) is 24.3 Å². The zero-order valence-corrected chi connectivity index (χ0v) is 13.9. The summed E-state index contributed by atoms with van der Waals surface area (Å²) < 4.78 is 0. The highest BCUT2D eigenvalue weighted by atomic mass is 15.1. The molecule has 20 heavy (non-hydrogen) atoms. The molecule has 1 N–H and O–H groups in total. The smallest absolute Gasteiger partial charge is 0.0449 e. The van der Waals surface area contributed by atoms with Gasteiger partial charge in [0.25, 0.3) is 0 Å². The molecule has 2 atom stereocenters. The molecule has 114 valence electrons. The highest BCUT2D eigenvalue weighted by molar-refractivity contribution is 5.24. The Bertz CT molecular complexity index is 358. The maximum Gasteiger partial charge on any atom is 0.0449 e. The molecule has 0 heterocycles. The Labute approximate surface area is 125 Å². The molecule has 0 spiro atoms. The third kappa shape index (κ3) is 5.64. The van der Waals surface area contributed by atoms with E-state index < -0.39 is 0 Å². The largest absolute Gasteiger partial charge is 0.309 e. The van der Waals surface area contributed by atoms with Gasteiger partial charge in [0, 0.05) is 18.6 Å². The number of aryl methyl sites for hydroxylation is 1. The van der Waals surface area contributed by atoms with Gasteiger partial charge in [0.05, 0.1) is 0 Å². The van der Waals surface area contributed by atoms with Crippen LogP contribution >= 0.6 is 0 Å². The molecule has 1 aromatic carbocycles. The van der Waals surface area contributed by atoms with Crippen LogP contribution in [0.5, 0.6) is 0 Å². The summed E-state index contributed by atoms with van der Waals surface area (Å²) in [6.07, 6.45) is 3.70. The summed E-state index contributed by atoms with van der Waals surface area (Å²) in [5.74, 6) is 0. The molecule has 2 heteroatoms. The van der Waals surface area contributed by atoms with Gasteiger partial charge in [0.2, 0.25) is 0 Å². The molecule has 0 radical (unpaired) electrons. The van der Waals surface area contributed by atoms with Crippen molar-refractivity contribution in [3.63, 3.8) is 0 Å². The molecule has 0 aliphatic heterocycles. The Morgan fingerprint density at radius 1 is 1.10 bits per heavy atom. The first-order chi connectivity index (χ1) is 9.58. The van der Waals surface area contributed by atoms with Gasteiger partial charge in [-0.25, -0.2) is 0 Å². The maximum absolute atomic E-state index is 3.69. The molecule has 0 amide bonds. The van der Waals surface area contributed by atoms with E-state index in [1.807, 2.05) is 0 Å². The zero-order chi connectivity index (χ0) is 15.0. The number of likely N-dealkylation sites (N-methyl/N-ethyl adjacent to an activating group) is 1. The molecule has 1 rings (SSSR count). The van der Waals surface area contributed by atoms with Crippen LogP contribution in [-0.2, 0) is 0 Å². The molecule has 0 aromatic heterocycles. The van der Waals surface area contributed by atoms with Gasteiger partial charge in [-0.3, -0.25) is 0 Å². The van der Waals surface area contributed by atoms with Crippen molar-refractivity contribution in [2.24, 2.45) is 0 Å². The minimum Gasteiger partial charge on any atom is -0.309 e. The first-order valence-electron chi connectivity index (χ1n) is 8.08. The highest BCUT2D eigenvalue weighted by Crippen LogP contribution is 2.17. The fourth-order valence-corrected chi connectivity index (χ4v) is 2.51. The van der Waals surface area contributed by atoms with Crippen LogP contribution < -0.4 is 5.32 Å². The molecular formula is C18H32N2. The van der Waals surface area contributed by atoms with E-state index in [-0.39, 0.29) is 0 Å². The Kier molecular flexibility index (Phi) is 7.86. The van der Waals surface area contributed by atoms with E-state index in [1.54, 1.807) is 0 Å². The molecule has 0 fully saturated rings. The van der Waals surface area contributed by atoms with Crippen LogP contribution in [0.4, 0.5) is 0 Å². The van der Waals surface area contributed by atoms with Crippen molar-refractivity contribution in [1.29, 1.82) is 0 Å². The number of benzene rings is 1. The van der Waals surface area contributed by atoms with Crippen molar-refractivity contribution in [3.8, 4) is 0 Å². The second kappa shape index (κ2) is 9.15. The van der Waals surface area contributed by atoms with Crippen molar-refractivity contribution in [3.05, 3.63) is 35.4 Å². The number of hydrogen-bond donors (Lipinski definition) is 1. The number of nitrogens with zero attached hydrogens (tertiary/aromatic N) is 1. The lowest BCUT2D eigenvalue weighted by molar-refractivity contribution is 0.219. The average molecular weight is 276 g/mol. The van der Waals surface area contributed by atoms with Crippen LogP contribution in [0.3, 0.4) is 0 Å². The quantitative estimate of drug-likeness (QED) is 0.728. The number of nitrogens with one attached hydrogen (secondary N) is 1. The summed E-state index contributed by atoms with van der Waals surface area (Å²) in [7, 11) is 2.25. The molecular weight excluding hydrogens is 244 g/mol. The van der Waals surface area contributed by atoms with Gasteiger partial charge < -0.3 is 10.2 Å². The van der Waals surface area contributed by atoms with Gasteiger partial charge in [-0.05, 0) is 45.8 Å². The van der Waals surface area contributed by atoms with Crippen LogP contribution in [0.25, 0.3) is 0 Å². The van der Waals surface area contributed by atoms with Crippen molar-refractivity contribution in [2.75, 3.05) is 20.1 Å². The van der Waals surface area contributed by atoms with E-state index in [4.69, 9.17) is 0 Å². The first-order valence-corrected chi connectivity index (χ1v) is 8.08. The Morgan fingerprint density at radius 3 is 2.30 bits per heavy atom. The first kappa shape index (κ1) is 17.2. The molecule has 0 saturated carbocycles. The Balaban J connectivity index is 2.70. The van der Waals surface area contributed by atoms with Crippen molar-refractivity contribution in [2.45, 2.75) is 59.0 Å². The minimum atomic E-state index is 0.430. The minimum absolute atomic E-state index is 0.430. The molecule has 2 nitrogen and oxygen atoms in total. The lowest BCUT2D eigenvalue weighted by Crippen LogP contribution is -2.38. The highest BCUT2D eigenvalue weighted by Gasteiger charge is 2.16. The van der Waals surface area contributed by atoms with Crippen LogP contribution in [0, 0.1) is 6.92 Å². The summed E-state index contributed by atoms with van der Waals surface area (Å²) in [5, 5.41) is 3.69. The summed E-state index contributed by atoms with van der Waals surface area (Å²) in [6.45, 7) is 11.1. The SMILES string of the molecule is CCCNC(CN(C)C(C)CCC)c1ccc(C)cc1. The third-order valence-electron chi connectivity index (χ3n) is 4.05. The maximum atomic E-state index is 3.69. The van der Waals surface area contributed by atoms with Gasteiger partial charge in [-0.1, -0.05) is 50.1 Å². The molecule has 0 aliphatic rings.